The van der Waals surface area contributed by atoms with Crippen LogP contribution in [0.5, 0.6) is 0 Å². The van der Waals surface area contributed by atoms with Gasteiger partial charge in [0, 0.05) is 77.6 Å². The monoisotopic (exact) mass is 679 g/mol. The smallest absolute Gasteiger partial charge is 0.222 e. The molecule has 0 aromatic carbocycles. The minimum atomic E-state index is -1.76. The van der Waals surface area contributed by atoms with E-state index in [1.54, 1.807) is 4.90 Å². The van der Waals surface area contributed by atoms with Crippen LogP contribution >= 0.6 is 11.6 Å². The molecule has 266 valence electrons. The first-order valence-corrected chi connectivity index (χ1v) is 17.5. The number of alkyl halides is 2. The number of carbonyl (C=O) groups is 2. The number of amides is 2. The Bertz CT molecular complexity index is 939. The number of halogens is 2. The fraction of sp³-hybridized carbons (Fsp3) is 0.935. The molecular weight excluding hydrogens is 625 g/mol. The Hall–Kier alpha value is -1.20. The lowest BCUT2D eigenvalue weighted by molar-refractivity contribution is -0.142. The van der Waals surface area contributed by atoms with Gasteiger partial charge in [-0.15, -0.1) is 11.6 Å². The number of aliphatic hydroxyl groups excluding tert-OH is 5. The lowest BCUT2D eigenvalue weighted by Crippen LogP contribution is -2.62. The van der Waals surface area contributed by atoms with Crippen molar-refractivity contribution in [2.45, 2.75) is 106 Å². The molecule has 0 aromatic heterocycles. The first-order chi connectivity index (χ1) is 22.0. The number of nitrogens with zero attached hydrogens (tertiary/aromatic N) is 2. The average molecular weight is 680 g/mol. The zero-order valence-corrected chi connectivity index (χ0v) is 27.4. The molecule has 1 aliphatic carbocycles. The predicted molar refractivity (Wildman–Crippen MR) is 168 cm³/mol. The van der Waals surface area contributed by atoms with Crippen LogP contribution in [-0.2, 0) is 14.3 Å². The molecule has 3 saturated heterocycles. The number of hydrogen-bond acceptors (Lipinski definition) is 11. The number of likely N-dealkylation sites (tertiary alicyclic amines) is 2. The Morgan fingerprint density at radius 3 is 2.28 bits per heavy atom. The highest BCUT2D eigenvalue weighted by molar-refractivity contribution is 6.21. The Morgan fingerprint density at radius 1 is 0.957 bits per heavy atom. The van der Waals surface area contributed by atoms with E-state index in [-0.39, 0.29) is 60.8 Å². The third-order valence-corrected chi connectivity index (χ3v) is 10.4. The Morgan fingerprint density at radius 2 is 1.63 bits per heavy atom. The van der Waals surface area contributed by atoms with Gasteiger partial charge in [-0.1, -0.05) is 0 Å². The average Bonchev–Trinajstić information content (AvgIpc) is 3.04. The summed E-state index contributed by atoms with van der Waals surface area (Å²) in [6.45, 7) is 4.08. The van der Waals surface area contributed by atoms with Gasteiger partial charge in [0.05, 0.1) is 24.2 Å². The Kier molecular flexibility index (Phi) is 15.2. The van der Waals surface area contributed by atoms with Gasteiger partial charge in [0.1, 0.15) is 30.8 Å². The molecule has 46 heavy (non-hydrogen) atoms. The van der Waals surface area contributed by atoms with Crippen molar-refractivity contribution < 1.29 is 44.2 Å². The number of hydrogen-bond donors (Lipinski definition) is 8. The second-order valence-electron chi connectivity index (χ2n) is 13.7. The molecule has 1 saturated carbocycles. The van der Waals surface area contributed by atoms with E-state index >= 15 is 4.39 Å². The third kappa shape index (κ3) is 11.2. The predicted octanol–water partition coefficient (Wildman–Crippen LogP) is -1.12. The molecule has 7 atom stereocenters. The summed E-state index contributed by atoms with van der Waals surface area (Å²) in [4.78, 5) is 29.1. The van der Waals surface area contributed by atoms with Gasteiger partial charge in [-0.3, -0.25) is 25.1 Å². The van der Waals surface area contributed by atoms with Gasteiger partial charge in [-0.25, -0.2) is 4.39 Å². The van der Waals surface area contributed by atoms with Crippen molar-refractivity contribution in [2.24, 2.45) is 17.8 Å². The van der Waals surface area contributed by atoms with Crippen LogP contribution in [0.25, 0.3) is 0 Å². The summed E-state index contributed by atoms with van der Waals surface area (Å²) in [5, 5.41) is 57.2. The summed E-state index contributed by atoms with van der Waals surface area (Å²) in [7, 11) is 0. The van der Waals surface area contributed by atoms with E-state index in [1.165, 1.54) is 12.8 Å². The van der Waals surface area contributed by atoms with Crippen molar-refractivity contribution >= 4 is 23.4 Å². The summed E-state index contributed by atoms with van der Waals surface area (Å²) >= 11 is 6.15. The first-order valence-electron chi connectivity index (χ1n) is 17.0. The van der Waals surface area contributed by atoms with Crippen LogP contribution in [0.3, 0.4) is 0 Å². The fourth-order valence-corrected chi connectivity index (χ4v) is 7.20. The van der Waals surface area contributed by atoms with E-state index in [0.717, 1.165) is 45.4 Å². The fourth-order valence-electron chi connectivity index (χ4n) is 7.02. The van der Waals surface area contributed by atoms with Crippen LogP contribution in [0.1, 0.15) is 57.8 Å². The van der Waals surface area contributed by atoms with Crippen molar-refractivity contribution in [2.75, 3.05) is 59.0 Å². The molecule has 3 heterocycles. The van der Waals surface area contributed by atoms with Gasteiger partial charge in [-0.2, -0.15) is 0 Å². The lowest BCUT2D eigenvalue weighted by atomic mass is 9.82. The maximum atomic E-state index is 15.0. The Labute approximate surface area is 276 Å². The topological polar surface area (TPSA) is 187 Å². The highest BCUT2D eigenvalue weighted by Crippen LogP contribution is 2.33. The van der Waals surface area contributed by atoms with E-state index < -0.39 is 37.2 Å². The molecule has 8 N–H and O–H groups in total. The zero-order valence-electron chi connectivity index (χ0n) is 26.7. The molecule has 13 nitrogen and oxygen atoms in total. The summed E-state index contributed by atoms with van der Waals surface area (Å²) < 4.78 is 21.1. The summed E-state index contributed by atoms with van der Waals surface area (Å²) in [5.41, 5.74) is 0. The number of carbonyl (C=O) groups excluding carboxylic acids is 2. The second-order valence-corrected chi connectivity index (χ2v) is 14.3. The van der Waals surface area contributed by atoms with Crippen LogP contribution in [0.4, 0.5) is 4.39 Å². The van der Waals surface area contributed by atoms with Crippen molar-refractivity contribution in [3.05, 3.63) is 0 Å². The number of rotatable bonds is 16. The summed E-state index contributed by atoms with van der Waals surface area (Å²) in [6.07, 6.45) is -1.25. The number of piperidine rings is 1. The van der Waals surface area contributed by atoms with E-state index in [0.29, 0.717) is 38.5 Å². The molecule has 4 aliphatic rings. The van der Waals surface area contributed by atoms with Gasteiger partial charge in [0.2, 0.25) is 11.8 Å². The molecule has 0 bridgehead atoms. The number of nitrogens with one attached hydrogen (secondary N) is 3. The minimum absolute atomic E-state index is 0.0595. The van der Waals surface area contributed by atoms with E-state index in [9.17, 15) is 30.0 Å². The quantitative estimate of drug-likeness (QED) is 0.0729. The van der Waals surface area contributed by atoms with Crippen LogP contribution in [0, 0.1) is 17.8 Å². The largest absolute Gasteiger partial charge is 0.394 e. The summed E-state index contributed by atoms with van der Waals surface area (Å²) in [6, 6.07) is 0. The van der Waals surface area contributed by atoms with Gasteiger partial charge in [0.25, 0.3) is 0 Å². The summed E-state index contributed by atoms with van der Waals surface area (Å²) in [5.74, 6) is -0.186. The standard InChI is InChI=1S/C31H55ClFN5O8/c32-22-13-35-31(36-14-22)37-7-5-19(6-8-37)2-1-9-46-23-4-3-21(24(33)12-23)11-28(43)38-16-20(17-38)10-27(42)34-15-25(40)29(44)30(45)26(41)18-39/h19-26,29-31,35-36,39-41,44-45H,1-18H2,(H,34,42)/t21?,22?,23?,24?,25-,26+,29+,30+,31?/m0/s1. The van der Waals surface area contributed by atoms with E-state index in [2.05, 4.69) is 20.9 Å². The highest BCUT2D eigenvalue weighted by Gasteiger charge is 2.37. The molecule has 2 amide bonds. The number of aliphatic hydroxyl groups is 5. The second kappa shape index (κ2) is 18.5. The van der Waals surface area contributed by atoms with Gasteiger partial charge in [0.15, 0.2) is 0 Å². The molecule has 3 aliphatic heterocycles. The third-order valence-electron chi connectivity index (χ3n) is 10.1. The van der Waals surface area contributed by atoms with E-state index in [4.69, 9.17) is 21.4 Å². The lowest BCUT2D eigenvalue weighted by Gasteiger charge is -2.41. The van der Waals surface area contributed by atoms with Gasteiger partial charge < -0.3 is 40.5 Å². The van der Waals surface area contributed by atoms with Crippen molar-refractivity contribution in [1.82, 2.24) is 25.8 Å². The first kappa shape index (κ1) is 37.6. The SMILES string of the molecule is O=C(CC1CN(C(=O)CC2CCC(OCCCC3CCN(C4NCC(Cl)CN4)CC3)CC2F)C1)NC[C@H](O)[C@@H](O)[C@H](O)[C@H](O)CO. The van der Waals surface area contributed by atoms with Gasteiger partial charge >= 0.3 is 0 Å². The van der Waals surface area contributed by atoms with Crippen LogP contribution in [0.15, 0.2) is 0 Å². The van der Waals surface area contributed by atoms with Crippen molar-refractivity contribution in [3.8, 4) is 0 Å². The molecule has 15 heteroatoms. The highest BCUT2D eigenvalue weighted by atomic mass is 35.5. The molecule has 4 rings (SSSR count). The molecule has 0 spiro atoms. The van der Waals surface area contributed by atoms with Gasteiger partial charge in [-0.05, 0) is 50.4 Å². The maximum Gasteiger partial charge on any atom is 0.222 e. The van der Waals surface area contributed by atoms with Crippen molar-refractivity contribution in [1.29, 1.82) is 0 Å². The number of ether oxygens (including phenoxy) is 1. The van der Waals surface area contributed by atoms with E-state index in [1.807, 2.05) is 0 Å². The van der Waals surface area contributed by atoms with Crippen LogP contribution < -0.4 is 16.0 Å². The zero-order chi connectivity index (χ0) is 33.2. The molecule has 3 unspecified atom stereocenters. The van der Waals surface area contributed by atoms with Crippen LogP contribution in [0.2, 0.25) is 0 Å². The Balaban J connectivity index is 1.02. The maximum absolute atomic E-state index is 15.0. The van der Waals surface area contributed by atoms with Crippen LogP contribution in [-0.4, -0.2) is 155 Å². The minimum Gasteiger partial charge on any atom is -0.394 e. The molecule has 0 aromatic rings. The normalized spacial score (nSPS) is 31.1. The molecular formula is C31H55ClFN5O8. The molecule has 4 fully saturated rings. The van der Waals surface area contributed by atoms with Crippen molar-refractivity contribution in [3.63, 3.8) is 0 Å². The molecule has 0 radical (unpaired) electrons.